The van der Waals surface area contributed by atoms with Gasteiger partial charge in [0.2, 0.25) is 0 Å². The minimum atomic E-state index is -0.167. The average molecular weight is 357 g/mol. The maximum absolute atomic E-state index is 12.3. The first kappa shape index (κ1) is 15.4. The summed E-state index contributed by atoms with van der Waals surface area (Å²) in [5, 5.41) is 6.27. The van der Waals surface area contributed by atoms with Crippen LogP contribution in [0.5, 0.6) is 0 Å². The van der Waals surface area contributed by atoms with E-state index in [0.29, 0.717) is 43.8 Å². The summed E-state index contributed by atoms with van der Waals surface area (Å²) in [6.45, 7) is 3.76. The molecular formula is C15H12Cl3N3O. The molecule has 114 valence electrons. The largest absolute Gasteiger partial charge is 0.326 e. The molecule has 0 bridgehead atoms. The number of aromatic amines is 1. The highest BCUT2D eigenvalue weighted by molar-refractivity contribution is 6.40. The lowest BCUT2D eigenvalue weighted by molar-refractivity contribution is 0.863. The molecule has 2 heterocycles. The van der Waals surface area contributed by atoms with E-state index in [2.05, 4.69) is 10.1 Å². The van der Waals surface area contributed by atoms with Crippen LogP contribution in [0.1, 0.15) is 18.3 Å². The van der Waals surface area contributed by atoms with Crippen molar-refractivity contribution in [1.29, 1.82) is 0 Å². The minimum absolute atomic E-state index is 0.167. The summed E-state index contributed by atoms with van der Waals surface area (Å²) in [4.78, 5) is 15.0. The van der Waals surface area contributed by atoms with Crippen molar-refractivity contribution in [2.45, 2.75) is 20.3 Å². The monoisotopic (exact) mass is 355 g/mol. The Balaban J connectivity index is 2.45. The fraction of sp³-hybridized carbons (Fsp3) is 0.200. The van der Waals surface area contributed by atoms with E-state index >= 15 is 0 Å². The molecule has 1 aromatic carbocycles. The fourth-order valence-electron chi connectivity index (χ4n) is 2.50. The van der Waals surface area contributed by atoms with Crippen molar-refractivity contribution in [3.05, 3.63) is 55.0 Å². The molecule has 0 aliphatic rings. The first-order valence-corrected chi connectivity index (χ1v) is 7.82. The number of hydrogen-bond acceptors (Lipinski definition) is 2. The van der Waals surface area contributed by atoms with Crippen LogP contribution < -0.4 is 5.56 Å². The highest BCUT2D eigenvalue weighted by Crippen LogP contribution is 2.34. The van der Waals surface area contributed by atoms with Crippen molar-refractivity contribution in [1.82, 2.24) is 14.8 Å². The summed E-state index contributed by atoms with van der Waals surface area (Å²) in [6.07, 6.45) is 0.623. The van der Waals surface area contributed by atoms with Crippen LogP contribution >= 0.6 is 34.8 Å². The van der Waals surface area contributed by atoms with Gasteiger partial charge in [-0.3, -0.25) is 4.79 Å². The van der Waals surface area contributed by atoms with E-state index in [4.69, 9.17) is 34.8 Å². The third-order valence-corrected chi connectivity index (χ3v) is 4.21. The molecule has 0 spiro atoms. The van der Waals surface area contributed by atoms with E-state index in [0.717, 1.165) is 5.69 Å². The number of nitrogens with zero attached hydrogens (tertiary/aromatic N) is 2. The Labute approximate surface area is 141 Å². The zero-order chi connectivity index (χ0) is 16.0. The van der Waals surface area contributed by atoms with E-state index in [1.54, 1.807) is 16.8 Å². The Bertz CT molecular complexity index is 920. The number of nitrogens with one attached hydrogen (secondary N) is 1. The van der Waals surface area contributed by atoms with Crippen LogP contribution in [0.15, 0.2) is 23.0 Å². The van der Waals surface area contributed by atoms with Crippen molar-refractivity contribution in [2.24, 2.45) is 0 Å². The molecule has 0 aliphatic carbocycles. The first-order chi connectivity index (χ1) is 10.4. The molecule has 2 aromatic heterocycles. The molecule has 0 aliphatic heterocycles. The second kappa shape index (κ2) is 5.61. The predicted octanol–water partition coefficient (Wildman–Crippen LogP) is 4.54. The Morgan fingerprint density at radius 2 is 1.82 bits per heavy atom. The van der Waals surface area contributed by atoms with E-state index < -0.39 is 0 Å². The van der Waals surface area contributed by atoms with Crippen LogP contribution in [0.25, 0.3) is 16.6 Å². The van der Waals surface area contributed by atoms with Gasteiger partial charge in [0.05, 0.1) is 26.6 Å². The van der Waals surface area contributed by atoms with Gasteiger partial charge in [0, 0.05) is 10.7 Å². The number of H-pyrrole nitrogens is 1. The summed E-state index contributed by atoms with van der Waals surface area (Å²) in [5.41, 5.74) is 2.45. The Kier molecular flexibility index (Phi) is 3.93. The van der Waals surface area contributed by atoms with Gasteiger partial charge in [-0.2, -0.15) is 5.10 Å². The number of benzene rings is 1. The molecule has 7 heteroatoms. The molecule has 1 N–H and O–H groups in total. The van der Waals surface area contributed by atoms with E-state index in [1.807, 2.05) is 19.9 Å². The highest BCUT2D eigenvalue weighted by atomic mass is 35.5. The van der Waals surface area contributed by atoms with E-state index in [1.165, 1.54) is 0 Å². The second-order valence-corrected chi connectivity index (χ2v) is 6.22. The smallest absolute Gasteiger partial charge is 0.259 e. The van der Waals surface area contributed by atoms with Crippen LogP contribution in [-0.2, 0) is 6.42 Å². The second-order valence-electron chi connectivity index (χ2n) is 4.97. The molecule has 0 saturated carbocycles. The van der Waals surface area contributed by atoms with Gasteiger partial charge in [-0.1, -0.05) is 41.7 Å². The molecule has 4 nitrogen and oxygen atoms in total. The number of aromatic nitrogens is 3. The molecule has 0 amide bonds. The van der Waals surface area contributed by atoms with Gasteiger partial charge >= 0.3 is 0 Å². The van der Waals surface area contributed by atoms with Gasteiger partial charge in [0.25, 0.3) is 5.56 Å². The molecule has 0 fully saturated rings. The molecule has 0 atom stereocenters. The summed E-state index contributed by atoms with van der Waals surface area (Å²) in [5.74, 6) is 0. The van der Waals surface area contributed by atoms with Crippen molar-refractivity contribution >= 4 is 45.7 Å². The van der Waals surface area contributed by atoms with Gasteiger partial charge < -0.3 is 4.98 Å². The third kappa shape index (κ3) is 2.41. The molecular weight excluding hydrogens is 345 g/mol. The van der Waals surface area contributed by atoms with Crippen LogP contribution in [0, 0.1) is 6.92 Å². The summed E-state index contributed by atoms with van der Waals surface area (Å²) < 4.78 is 1.61. The van der Waals surface area contributed by atoms with E-state index in [-0.39, 0.29) is 5.56 Å². The lowest BCUT2D eigenvalue weighted by Crippen LogP contribution is -2.08. The molecule has 22 heavy (non-hydrogen) atoms. The average Bonchev–Trinajstić information content (AvgIpc) is 2.76. The molecule has 3 rings (SSSR count). The number of rotatable bonds is 2. The number of fused-ring (bicyclic) bond motifs is 1. The maximum Gasteiger partial charge on any atom is 0.259 e. The van der Waals surface area contributed by atoms with Gasteiger partial charge in [-0.25, -0.2) is 4.68 Å². The van der Waals surface area contributed by atoms with Gasteiger partial charge in [-0.05, 0) is 31.5 Å². The normalized spacial score (nSPS) is 11.3. The minimum Gasteiger partial charge on any atom is -0.326 e. The third-order valence-electron chi connectivity index (χ3n) is 3.41. The van der Waals surface area contributed by atoms with Crippen molar-refractivity contribution in [3.63, 3.8) is 0 Å². The molecule has 0 unspecified atom stereocenters. The molecule has 0 radical (unpaired) electrons. The summed E-state index contributed by atoms with van der Waals surface area (Å²) in [7, 11) is 0. The van der Waals surface area contributed by atoms with E-state index in [9.17, 15) is 4.79 Å². The van der Waals surface area contributed by atoms with Gasteiger partial charge in [0.1, 0.15) is 5.69 Å². The van der Waals surface area contributed by atoms with Crippen molar-refractivity contribution in [3.8, 4) is 5.69 Å². The highest BCUT2D eigenvalue weighted by Gasteiger charge is 2.18. The van der Waals surface area contributed by atoms with Crippen molar-refractivity contribution < 1.29 is 0 Å². The Morgan fingerprint density at radius 3 is 2.41 bits per heavy atom. The summed E-state index contributed by atoms with van der Waals surface area (Å²) in [6, 6.07) is 5.05. The van der Waals surface area contributed by atoms with Crippen LogP contribution in [0.4, 0.5) is 0 Å². The SMILES string of the molecule is CCc1nn(-c2c(Cl)cc(Cl)cc2Cl)c2cc(C)[nH]c(=O)c12. The quantitative estimate of drug-likeness (QED) is 0.732. The number of aryl methyl sites for hydroxylation is 2. The van der Waals surface area contributed by atoms with Crippen molar-refractivity contribution in [2.75, 3.05) is 0 Å². The first-order valence-electron chi connectivity index (χ1n) is 6.68. The van der Waals surface area contributed by atoms with Gasteiger partial charge in [0.15, 0.2) is 0 Å². The Hall–Kier alpha value is -1.49. The zero-order valence-electron chi connectivity index (χ0n) is 11.9. The number of halogens is 3. The molecule has 0 saturated heterocycles. The maximum atomic E-state index is 12.3. The zero-order valence-corrected chi connectivity index (χ0v) is 14.1. The fourth-order valence-corrected chi connectivity index (χ4v) is 3.47. The standard InChI is InChI=1S/C15H12Cl3N3O/c1-3-11-13-12(4-7(2)19-15(13)22)21(20-11)14-9(17)5-8(16)6-10(14)18/h4-6H,3H2,1-2H3,(H,19,22). The predicted molar refractivity (Wildman–Crippen MR) is 90.8 cm³/mol. The lowest BCUT2D eigenvalue weighted by Gasteiger charge is -2.09. The van der Waals surface area contributed by atoms with Crippen LogP contribution in [0.3, 0.4) is 0 Å². The van der Waals surface area contributed by atoms with Crippen LogP contribution in [0.2, 0.25) is 15.1 Å². The summed E-state index contributed by atoms with van der Waals surface area (Å²) >= 11 is 18.5. The number of pyridine rings is 1. The molecule has 3 aromatic rings. The number of hydrogen-bond donors (Lipinski definition) is 1. The van der Waals surface area contributed by atoms with Crippen LogP contribution in [-0.4, -0.2) is 14.8 Å². The Morgan fingerprint density at radius 1 is 1.18 bits per heavy atom. The topological polar surface area (TPSA) is 50.7 Å². The van der Waals surface area contributed by atoms with Gasteiger partial charge in [-0.15, -0.1) is 0 Å². The lowest BCUT2D eigenvalue weighted by atomic mass is 10.2.